The van der Waals surface area contributed by atoms with Gasteiger partial charge >= 0.3 is 5.97 Å². The molecule has 0 aliphatic heterocycles. The highest BCUT2D eigenvalue weighted by molar-refractivity contribution is 5.96. The van der Waals surface area contributed by atoms with Crippen molar-refractivity contribution >= 4 is 16.9 Å². The molecular formula is C14H14N2O2. The average Bonchev–Trinajstić information content (AvgIpc) is 2.81. The molecule has 92 valence electrons. The number of hydrogen-bond acceptors (Lipinski definition) is 3. The molecule has 2 rings (SSSR count). The number of fused-ring (bicyclic) bond motifs is 1. The molecule has 0 spiro atoms. The van der Waals surface area contributed by atoms with Gasteiger partial charge in [0.25, 0.3) is 0 Å². The molecule has 0 saturated heterocycles. The van der Waals surface area contributed by atoms with Gasteiger partial charge in [-0.1, -0.05) is 0 Å². The maximum atomic E-state index is 11.5. The van der Waals surface area contributed by atoms with Crippen LogP contribution in [0.2, 0.25) is 0 Å². The van der Waals surface area contributed by atoms with Crippen LogP contribution in [-0.4, -0.2) is 18.1 Å². The first-order valence-electron chi connectivity index (χ1n) is 5.61. The lowest BCUT2D eigenvalue weighted by molar-refractivity contribution is 0.0601. The summed E-state index contributed by atoms with van der Waals surface area (Å²) in [6.07, 6.45) is 1.81. The minimum absolute atomic E-state index is 0.376. The van der Waals surface area contributed by atoms with E-state index >= 15 is 0 Å². The van der Waals surface area contributed by atoms with Crippen molar-refractivity contribution in [3.63, 3.8) is 0 Å². The van der Waals surface area contributed by atoms with E-state index in [1.807, 2.05) is 26.1 Å². The Labute approximate surface area is 105 Å². The van der Waals surface area contributed by atoms with Crippen LogP contribution in [-0.2, 0) is 10.2 Å². The smallest absolute Gasteiger partial charge is 0.337 e. The van der Waals surface area contributed by atoms with Crippen LogP contribution in [0.3, 0.4) is 0 Å². The Kier molecular flexibility index (Phi) is 2.84. The van der Waals surface area contributed by atoms with Gasteiger partial charge in [0, 0.05) is 17.1 Å². The summed E-state index contributed by atoms with van der Waals surface area (Å²) >= 11 is 0. The molecule has 1 heterocycles. The number of nitrogens with zero attached hydrogens (tertiary/aromatic N) is 1. The number of nitriles is 1. The third-order valence-electron chi connectivity index (χ3n) is 3.06. The van der Waals surface area contributed by atoms with Crippen molar-refractivity contribution in [1.82, 2.24) is 4.98 Å². The number of nitrogens with one attached hydrogen (secondary N) is 1. The highest BCUT2D eigenvalue weighted by Crippen LogP contribution is 2.30. The Morgan fingerprint density at radius 2 is 2.17 bits per heavy atom. The van der Waals surface area contributed by atoms with Crippen LogP contribution in [0.25, 0.3) is 10.9 Å². The average molecular weight is 242 g/mol. The predicted molar refractivity (Wildman–Crippen MR) is 68.3 cm³/mol. The summed E-state index contributed by atoms with van der Waals surface area (Å²) in [5.41, 5.74) is 1.67. The Hall–Kier alpha value is -2.28. The van der Waals surface area contributed by atoms with Crippen LogP contribution in [0, 0.1) is 11.3 Å². The molecule has 0 unspecified atom stereocenters. The molecule has 0 radical (unpaired) electrons. The minimum atomic E-state index is -0.604. The van der Waals surface area contributed by atoms with Gasteiger partial charge in [-0.3, -0.25) is 0 Å². The maximum Gasteiger partial charge on any atom is 0.337 e. The van der Waals surface area contributed by atoms with Crippen LogP contribution in [0.5, 0.6) is 0 Å². The summed E-state index contributed by atoms with van der Waals surface area (Å²) in [6.45, 7) is 3.70. The van der Waals surface area contributed by atoms with Gasteiger partial charge in [0.1, 0.15) is 0 Å². The molecule has 1 N–H and O–H groups in total. The summed E-state index contributed by atoms with van der Waals surface area (Å²) < 4.78 is 4.70. The largest absolute Gasteiger partial charge is 0.465 e. The number of carbonyl (C=O) groups excluding carboxylic acids is 1. The number of ether oxygens (including phenoxy) is 1. The third kappa shape index (κ3) is 1.84. The zero-order valence-electron chi connectivity index (χ0n) is 10.6. The summed E-state index contributed by atoms with van der Waals surface area (Å²) in [6, 6.07) is 7.54. The number of esters is 1. The lowest BCUT2D eigenvalue weighted by Gasteiger charge is -2.14. The zero-order valence-corrected chi connectivity index (χ0v) is 10.6. The number of aromatic nitrogens is 1. The fraction of sp³-hybridized carbons (Fsp3) is 0.286. The number of aromatic amines is 1. The van der Waals surface area contributed by atoms with E-state index in [-0.39, 0.29) is 5.97 Å². The number of rotatable bonds is 2. The van der Waals surface area contributed by atoms with E-state index in [2.05, 4.69) is 11.1 Å². The molecule has 0 saturated carbocycles. The monoisotopic (exact) mass is 242 g/mol. The molecule has 0 fully saturated rings. The van der Waals surface area contributed by atoms with E-state index in [0.29, 0.717) is 5.56 Å². The Balaban J connectivity index is 2.65. The van der Waals surface area contributed by atoms with Crippen molar-refractivity contribution in [3.8, 4) is 6.07 Å². The number of hydrogen-bond donors (Lipinski definition) is 1. The van der Waals surface area contributed by atoms with Gasteiger partial charge in [-0.2, -0.15) is 5.26 Å². The van der Waals surface area contributed by atoms with Crippen molar-refractivity contribution in [2.24, 2.45) is 0 Å². The van der Waals surface area contributed by atoms with Crippen molar-refractivity contribution in [1.29, 1.82) is 5.26 Å². The predicted octanol–water partition coefficient (Wildman–Crippen LogP) is 2.76. The molecule has 0 amide bonds. The minimum Gasteiger partial charge on any atom is -0.465 e. The molecule has 1 aromatic heterocycles. The Bertz CT molecular complexity index is 647. The fourth-order valence-electron chi connectivity index (χ4n) is 1.94. The summed E-state index contributed by atoms with van der Waals surface area (Å²) in [4.78, 5) is 14.6. The normalized spacial score (nSPS) is 11.2. The van der Waals surface area contributed by atoms with E-state index in [1.165, 1.54) is 7.11 Å². The van der Waals surface area contributed by atoms with Crippen LogP contribution in [0.15, 0.2) is 24.4 Å². The fourth-order valence-corrected chi connectivity index (χ4v) is 1.94. The van der Waals surface area contributed by atoms with Crippen LogP contribution in [0.4, 0.5) is 0 Å². The van der Waals surface area contributed by atoms with E-state index < -0.39 is 5.41 Å². The molecular weight excluding hydrogens is 228 g/mol. The molecule has 18 heavy (non-hydrogen) atoms. The Morgan fingerprint density at radius 1 is 1.44 bits per heavy atom. The van der Waals surface area contributed by atoms with Crippen molar-refractivity contribution < 1.29 is 9.53 Å². The first-order chi connectivity index (χ1) is 8.49. The Morgan fingerprint density at radius 3 is 2.78 bits per heavy atom. The van der Waals surface area contributed by atoms with Gasteiger partial charge in [0.05, 0.1) is 24.2 Å². The zero-order chi connectivity index (χ0) is 13.3. The second-order valence-electron chi connectivity index (χ2n) is 4.69. The number of benzene rings is 1. The maximum absolute atomic E-state index is 11.5. The standard InChI is InChI=1S/C14H14N2O2/c1-14(2,8-15)11-7-16-12-5-4-9(6-10(11)12)13(17)18-3/h4-7,16H,1-3H3. The van der Waals surface area contributed by atoms with E-state index in [1.54, 1.807) is 12.1 Å². The molecule has 0 aliphatic carbocycles. The first-order valence-corrected chi connectivity index (χ1v) is 5.61. The van der Waals surface area contributed by atoms with Gasteiger partial charge in [-0.15, -0.1) is 0 Å². The molecule has 4 nitrogen and oxygen atoms in total. The van der Waals surface area contributed by atoms with E-state index in [0.717, 1.165) is 16.5 Å². The molecule has 1 aromatic carbocycles. The summed E-state index contributed by atoms with van der Waals surface area (Å²) in [7, 11) is 1.35. The second kappa shape index (κ2) is 4.19. The van der Waals surface area contributed by atoms with Crippen LogP contribution < -0.4 is 0 Å². The van der Waals surface area contributed by atoms with Crippen molar-refractivity contribution in [3.05, 3.63) is 35.5 Å². The molecule has 0 atom stereocenters. The van der Waals surface area contributed by atoms with Crippen molar-refractivity contribution in [2.75, 3.05) is 7.11 Å². The van der Waals surface area contributed by atoms with Gasteiger partial charge in [-0.25, -0.2) is 4.79 Å². The number of H-pyrrole nitrogens is 1. The summed E-state index contributed by atoms with van der Waals surface area (Å²) in [5.74, 6) is -0.376. The van der Waals surface area contributed by atoms with E-state index in [4.69, 9.17) is 4.74 Å². The van der Waals surface area contributed by atoms with Gasteiger partial charge in [0.2, 0.25) is 0 Å². The van der Waals surface area contributed by atoms with Gasteiger partial charge < -0.3 is 9.72 Å². The van der Waals surface area contributed by atoms with Crippen LogP contribution in [0.1, 0.15) is 29.8 Å². The van der Waals surface area contributed by atoms with E-state index in [9.17, 15) is 10.1 Å². The third-order valence-corrected chi connectivity index (χ3v) is 3.06. The molecule has 4 heteroatoms. The number of methoxy groups -OCH3 is 1. The lowest BCUT2D eigenvalue weighted by atomic mass is 9.86. The van der Waals surface area contributed by atoms with Gasteiger partial charge in [0.15, 0.2) is 0 Å². The summed E-state index contributed by atoms with van der Waals surface area (Å²) in [5, 5.41) is 10.1. The molecule has 0 aliphatic rings. The van der Waals surface area contributed by atoms with Gasteiger partial charge in [-0.05, 0) is 37.6 Å². The quantitative estimate of drug-likeness (QED) is 0.823. The van der Waals surface area contributed by atoms with Crippen molar-refractivity contribution in [2.45, 2.75) is 19.3 Å². The highest BCUT2D eigenvalue weighted by Gasteiger charge is 2.24. The second-order valence-corrected chi connectivity index (χ2v) is 4.69. The molecule has 2 aromatic rings. The number of carbonyl (C=O) groups is 1. The topological polar surface area (TPSA) is 65.9 Å². The van der Waals surface area contributed by atoms with Crippen LogP contribution >= 0.6 is 0 Å². The first kappa shape index (κ1) is 12.2. The highest BCUT2D eigenvalue weighted by atomic mass is 16.5. The SMILES string of the molecule is COC(=O)c1ccc2[nH]cc(C(C)(C)C#N)c2c1. The lowest BCUT2D eigenvalue weighted by Crippen LogP contribution is -2.13. The molecule has 0 bridgehead atoms.